The SMILES string of the molecule is Cc1cccc(-n2c(S[C@H](C)C#N)nc3ccccc3c2=O)n1. The fraction of sp³-hybridized carbons (Fsp3) is 0.176. The first-order valence-electron chi connectivity index (χ1n) is 7.12. The van der Waals surface area contributed by atoms with Crippen molar-refractivity contribution in [3.63, 3.8) is 0 Å². The molecule has 0 radical (unpaired) electrons. The van der Waals surface area contributed by atoms with Crippen LogP contribution in [-0.4, -0.2) is 19.8 Å². The van der Waals surface area contributed by atoms with E-state index in [1.165, 1.54) is 16.3 Å². The second-order valence-electron chi connectivity index (χ2n) is 5.08. The number of nitrogens with zero attached hydrogens (tertiary/aromatic N) is 4. The topological polar surface area (TPSA) is 71.6 Å². The van der Waals surface area contributed by atoms with Crippen LogP contribution < -0.4 is 5.56 Å². The van der Waals surface area contributed by atoms with E-state index in [1.807, 2.05) is 31.2 Å². The maximum Gasteiger partial charge on any atom is 0.267 e. The van der Waals surface area contributed by atoms with Gasteiger partial charge in [-0.25, -0.2) is 14.5 Å². The van der Waals surface area contributed by atoms with Gasteiger partial charge in [-0.05, 0) is 38.1 Å². The van der Waals surface area contributed by atoms with Crippen LogP contribution in [0.3, 0.4) is 0 Å². The number of pyridine rings is 1. The Kier molecular flexibility index (Phi) is 4.13. The molecule has 0 saturated carbocycles. The molecule has 3 rings (SSSR count). The Morgan fingerprint density at radius 3 is 2.70 bits per heavy atom. The third-order valence-electron chi connectivity index (χ3n) is 3.31. The first-order chi connectivity index (χ1) is 11.1. The minimum atomic E-state index is -0.320. The Bertz CT molecular complexity index is 974. The minimum Gasteiger partial charge on any atom is -0.268 e. The molecule has 0 aliphatic rings. The predicted octanol–water partition coefficient (Wildman–Crippen LogP) is 3.09. The molecule has 114 valence electrons. The van der Waals surface area contributed by atoms with Gasteiger partial charge in [0.05, 0.1) is 22.2 Å². The van der Waals surface area contributed by atoms with Gasteiger partial charge in [0.15, 0.2) is 5.16 Å². The summed E-state index contributed by atoms with van der Waals surface area (Å²) in [6.07, 6.45) is 0. The summed E-state index contributed by atoms with van der Waals surface area (Å²) in [5.74, 6) is 0.515. The van der Waals surface area contributed by atoms with E-state index in [9.17, 15) is 4.79 Å². The van der Waals surface area contributed by atoms with E-state index in [-0.39, 0.29) is 10.8 Å². The zero-order valence-corrected chi connectivity index (χ0v) is 13.5. The fourth-order valence-corrected chi connectivity index (χ4v) is 3.03. The molecule has 1 atom stereocenters. The minimum absolute atomic E-state index is 0.179. The number of benzene rings is 1. The molecule has 0 amide bonds. The Hall–Kier alpha value is -2.65. The molecule has 0 aliphatic carbocycles. The van der Waals surface area contributed by atoms with Crippen LogP contribution in [0, 0.1) is 18.3 Å². The number of nitriles is 1. The highest BCUT2D eigenvalue weighted by Gasteiger charge is 2.16. The van der Waals surface area contributed by atoms with Gasteiger partial charge in [0.2, 0.25) is 0 Å². The molecular formula is C17H14N4OS. The van der Waals surface area contributed by atoms with Crippen molar-refractivity contribution in [3.05, 3.63) is 58.5 Å². The van der Waals surface area contributed by atoms with Crippen molar-refractivity contribution in [2.45, 2.75) is 24.3 Å². The van der Waals surface area contributed by atoms with Crippen molar-refractivity contribution in [1.29, 1.82) is 5.26 Å². The molecule has 6 heteroatoms. The number of hydrogen-bond acceptors (Lipinski definition) is 5. The molecule has 0 aliphatic heterocycles. The third kappa shape index (κ3) is 2.96. The molecule has 0 unspecified atom stereocenters. The summed E-state index contributed by atoms with van der Waals surface area (Å²) in [6, 6.07) is 14.8. The van der Waals surface area contributed by atoms with Gasteiger partial charge in [0.25, 0.3) is 5.56 Å². The van der Waals surface area contributed by atoms with Crippen LogP contribution in [-0.2, 0) is 0 Å². The van der Waals surface area contributed by atoms with Gasteiger partial charge in [-0.15, -0.1) is 0 Å². The van der Waals surface area contributed by atoms with Gasteiger partial charge in [-0.1, -0.05) is 30.0 Å². The molecule has 3 aromatic rings. The first-order valence-corrected chi connectivity index (χ1v) is 8.00. The van der Waals surface area contributed by atoms with E-state index >= 15 is 0 Å². The molecule has 0 N–H and O–H groups in total. The van der Waals surface area contributed by atoms with E-state index in [0.29, 0.717) is 21.9 Å². The lowest BCUT2D eigenvalue weighted by Gasteiger charge is -2.13. The van der Waals surface area contributed by atoms with Crippen LogP contribution in [0.15, 0.2) is 52.4 Å². The first kappa shape index (κ1) is 15.3. The molecule has 23 heavy (non-hydrogen) atoms. The van der Waals surface area contributed by atoms with Crippen LogP contribution in [0.25, 0.3) is 16.7 Å². The summed E-state index contributed by atoms with van der Waals surface area (Å²) in [5.41, 5.74) is 1.25. The van der Waals surface area contributed by atoms with E-state index in [4.69, 9.17) is 5.26 Å². The highest BCUT2D eigenvalue weighted by Crippen LogP contribution is 2.24. The number of aromatic nitrogens is 3. The van der Waals surface area contributed by atoms with Crippen LogP contribution in [0.2, 0.25) is 0 Å². The summed E-state index contributed by atoms with van der Waals surface area (Å²) in [6.45, 7) is 3.65. The monoisotopic (exact) mass is 322 g/mol. The third-order valence-corrected chi connectivity index (χ3v) is 4.26. The summed E-state index contributed by atoms with van der Waals surface area (Å²) in [7, 11) is 0. The number of thioether (sulfide) groups is 1. The maximum atomic E-state index is 12.9. The molecule has 1 aromatic carbocycles. The second-order valence-corrected chi connectivity index (χ2v) is 6.39. The maximum absolute atomic E-state index is 12.9. The fourth-order valence-electron chi connectivity index (χ4n) is 2.23. The lowest BCUT2D eigenvalue weighted by molar-refractivity contribution is 0.790. The Balaban J connectivity index is 2.33. The highest BCUT2D eigenvalue weighted by atomic mass is 32.2. The predicted molar refractivity (Wildman–Crippen MR) is 90.8 cm³/mol. The van der Waals surface area contributed by atoms with Crippen LogP contribution in [0.4, 0.5) is 0 Å². The number of aryl methyl sites for hydroxylation is 1. The molecule has 0 spiro atoms. The van der Waals surface area contributed by atoms with Crippen LogP contribution >= 0.6 is 11.8 Å². The van der Waals surface area contributed by atoms with Gasteiger partial charge in [-0.3, -0.25) is 4.79 Å². The van der Waals surface area contributed by atoms with E-state index < -0.39 is 0 Å². The second kappa shape index (κ2) is 6.23. The van der Waals surface area contributed by atoms with Gasteiger partial charge >= 0.3 is 0 Å². The summed E-state index contributed by atoms with van der Waals surface area (Å²) < 4.78 is 1.48. The zero-order valence-electron chi connectivity index (χ0n) is 12.7. The standard InChI is InChI=1S/C17H14N4OS/c1-11-6-5-9-15(19-11)21-16(22)13-7-3-4-8-14(13)20-17(21)23-12(2)10-18/h3-9,12H,1-2H3/t12-/m1/s1. The van der Waals surface area contributed by atoms with E-state index in [0.717, 1.165) is 5.69 Å². The normalized spacial score (nSPS) is 12.0. The van der Waals surface area contributed by atoms with Crippen molar-refractivity contribution in [1.82, 2.24) is 14.5 Å². The molecule has 2 heterocycles. The average Bonchev–Trinajstić information content (AvgIpc) is 2.55. The Labute approximate surface area is 137 Å². The molecule has 0 saturated heterocycles. The van der Waals surface area contributed by atoms with Crippen LogP contribution in [0.5, 0.6) is 0 Å². The van der Waals surface area contributed by atoms with Gasteiger partial charge in [0, 0.05) is 5.69 Å². The van der Waals surface area contributed by atoms with E-state index in [2.05, 4.69) is 16.0 Å². The summed E-state index contributed by atoms with van der Waals surface area (Å²) >= 11 is 1.25. The quantitative estimate of drug-likeness (QED) is 0.547. The van der Waals surface area contributed by atoms with Gasteiger partial charge in [0.1, 0.15) is 5.82 Å². The van der Waals surface area contributed by atoms with Crippen molar-refractivity contribution < 1.29 is 0 Å². The molecule has 5 nitrogen and oxygen atoms in total. The van der Waals surface area contributed by atoms with Crippen molar-refractivity contribution in [2.75, 3.05) is 0 Å². The van der Waals surface area contributed by atoms with Gasteiger partial charge < -0.3 is 0 Å². The number of hydrogen-bond donors (Lipinski definition) is 0. The summed E-state index contributed by atoms with van der Waals surface area (Å²) in [4.78, 5) is 21.9. The zero-order chi connectivity index (χ0) is 16.4. The average molecular weight is 322 g/mol. The Morgan fingerprint density at radius 2 is 1.96 bits per heavy atom. The molecule has 0 fully saturated rings. The Morgan fingerprint density at radius 1 is 1.17 bits per heavy atom. The van der Waals surface area contributed by atoms with Crippen LogP contribution in [0.1, 0.15) is 12.6 Å². The number of rotatable bonds is 3. The smallest absolute Gasteiger partial charge is 0.267 e. The molecule has 2 aromatic heterocycles. The molecular weight excluding hydrogens is 308 g/mol. The lowest BCUT2D eigenvalue weighted by Crippen LogP contribution is -2.23. The largest absolute Gasteiger partial charge is 0.268 e. The summed E-state index contributed by atoms with van der Waals surface area (Å²) in [5, 5.41) is 9.77. The lowest BCUT2D eigenvalue weighted by atomic mass is 10.2. The van der Waals surface area contributed by atoms with Crippen molar-refractivity contribution in [2.24, 2.45) is 0 Å². The highest BCUT2D eigenvalue weighted by molar-refractivity contribution is 8.00. The van der Waals surface area contributed by atoms with Gasteiger partial charge in [-0.2, -0.15) is 5.26 Å². The molecule has 0 bridgehead atoms. The van der Waals surface area contributed by atoms with E-state index in [1.54, 1.807) is 25.1 Å². The number of fused-ring (bicyclic) bond motifs is 1. The van der Waals surface area contributed by atoms with Crippen molar-refractivity contribution >= 4 is 22.7 Å². The number of para-hydroxylation sites is 1. The van der Waals surface area contributed by atoms with Crippen molar-refractivity contribution in [3.8, 4) is 11.9 Å².